The number of primary amides is 1. The van der Waals surface area contributed by atoms with Crippen molar-refractivity contribution in [1.29, 1.82) is 0 Å². The van der Waals surface area contributed by atoms with Crippen LogP contribution in [0.3, 0.4) is 0 Å². The van der Waals surface area contributed by atoms with Crippen molar-refractivity contribution in [3.8, 4) is 0 Å². The van der Waals surface area contributed by atoms with Crippen LogP contribution in [0.15, 0.2) is 24.3 Å². The Kier molecular flexibility index (Phi) is 3.76. The van der Waals surface area contributed by atoms with Crippen molar-refractivity contribution in [2.45, 2.75) is 13.1 Å². The van der Waals surface area contributed by atoms with Gasteiger partial charge in [0.25, 0.3) is 0 Å². The molecular formula is C12H13N5O3. The first-order valence-corrected chi connectivity index (χ1v) is 5.77. The number of amides is 1. The van der Waals surface area contributed by atoms with Gasteiger partial charge in [0.1, 0.15) is 0 Å². The average molecular weight is 275 g/mol. The summed E-state index contributed by atoms with van der Waals surface area (Å²) in [5, 5.41) is 16.3. The summed E-state index contributed by atoms with van der Waals surface area (Å²) in [6.45, 7) is 0.262. The summed E-state index contributed by atoms with van der Waals surface area (Å²) in [5.74, 6) is -1.71. The lowest BCUT2D eigenvalue weighted by Crippen LogP contribution is -2.14. The third-order valence-corrected chi connectivity index (χ3v) is 2.78. The molecule has 2 rings (SSSR count). The summed E-state index contributed by atoms with van der Waals surface area (Å²) >= 11 is 0. The number of carboxylic acids is 1. The van der Waals surface area contributed by atoms with Crippen molar-refractivity contribution in [2.24, 2.45) is 11.5 Å². The van der Waals surface area contributed by atoms with Gasteiger partial charge in [-0.2, -0.15) is 0 Å². The van der Waals surface area contributed by atoms with Crippen LogP contribution in [-0.2, 0) is 13.1 Å². The first kappa shape index (κ1) is 13.7. The van der Waals surface area contributed by atoms with Gasteiger partial charge in [0.05, 0.1) is 12.2 Å². The average Bonchev–Trinajstić information content (AvgIpc) is 2.82. The fourth-order valence-corrected chi connectivity index (χ4v) is 1.82. The van der Waals surface area contributed by atoms with Gasteiger partial charge in [-0.15, -0.1) is 5.10 Å². The normalized spacial score (nSPS) is 10.4. The van der Waals surface area contributed by atoms with Gasteiger partial charge in [-0.05, 0) is 17.7 Å². The molecule has 1 aromatic carbocycles. The predicted molar refractivity (Wildman–Crippen MR) is 68.9 cm³/mol. The predicted octanol–water partition coefficient (Wildman–Crippen LogP) is -0.418. The van der Waals surface area contributed by atoms with Gasteiger partial charge in [0.15, 0.2) is 5.69 Å². The van der Waals surface area contributed by atoms with Gasteiger partial charge < -0.3 is 16.6 Å². The van der Waals surface area contributed by atoms with Crippen LogP contribution in [0.4, 0.5) is 0 Å². The number of nitrogens with zero attached hydrogens (tertiary/aromatic N) is 3. The van der Waals surface area contributed by atoms with E-state index >= 15 is 0 Å². The summed E-state index contributed by atoms with van der Waals surface area (Å²) in [7, 11) is 0. The number of nitrogens with two attached hydrogens (primary N) is 2. The Morgan fingerprint density at radius 2 is 2.10 bits per heavy atom. The largest absolute Gasteiger partial charge is 0.476 e. The molecular weight excluding hydrogens is 262 g/mol. The first-order valence-electron chi connectivity index (χ1n) is 5.77. The lowest BCUT2D eigenvalue weighted by molar-refractivity contribution is 0.0688. The number of hydrogen-bond donors (Lipinski definition) is 3. The molecule has 2 aromatic rings. The second-order valence-electron chi connectivity index (χ2n) is 4.12. The summed E-state index contributed by atoms with van der Waals surface area (Å²) in [6.07, 6.45) is 0. The number of rotatable bonds is 5. The zero-order valence-electron chi connectivity index (χ0n) is 10.5. The van der Waals surface area contributed by atoms with Crippen LogP contribution in [0.2, 0.25) is 0 Å². The highest BCUT2D eigenvalue weighted by Gasteiger charge is 2.17. The van der Waals surface area contributed by atoms with Crippen molar-refractivity contribution in [2.75, 3.05) is 0 Å². The SMILES string of the molecule is NCc1c(C(=O)O)nnn1Cc1cccc(C(N)=O)c1. The molecule has 0 aliphatic rings. The Balaban J connectivity index is 2.33. The van der Waals surface area contributed by atoms with Crippen LogP contribution >= 0.6 is 0 Å². The smallest absolute Gasteiger partial charge is 0.358 e. The molecule has 0 aliphatic carbocycles. The van der Waals surface area contributed by atoms with E-state index in [1.807, 2.05) is 0 Å². The Hall–Kier alpha value is -2.74. The Morgan fingerprint density at radius 1 is 1.35 bits per heavy atom. The monoisotopic (exact) mass is 275 g/mol. The molecule has 20 heavy (non-hydrogen) atoms. The van der Waals surface area contributed by atoms with E-state index in [4.69, 9.17) is 16.6 Å². The van der Waals surface area contributed by atoms with Gasteiger partial charge >= 0.3 is 5.97 Å². The molecule has 0 radical (unpaired) electrons. The third-order valence-electron chi connectivity index (χ3n) is 2.78. The molecule has 8 nitrogen and oxygen atoms in total. The molecule has 1 heterocycles. The topological polar surface area (TPSA) is 137 Å². The summed E-state index contributed by atoms with van der Waals surface area (Å²) in [4.78, 5) is 22.1. The van der Waals surface area contributed by atoms with Crippen LogP contribution in [0.1, 0.15) is 32.1 Å². The lowest BCUT2D eigenvalue weighted by Gasteiger charge is -2.06. The number of hydrogen-bond acceptors (Lipinski definition) is 5. The second kappa shape index (κ2) is 5.49. The lowest BCUT2D eigenvalue weighted by atomic mass is 10.1. The zero-order chi connectivity index (χ0) is 14.7. The highest BCUT2D eigenvalue weighted by molar-refractivity contribution is 5.92. The molecule has 5 N–H and O–H groups in total. The molecule has 0 saturated heterocycles. The van der Waals surface area contributed by atoms with Crippen LogP contribution in [0.25, 0.3) is 0 Å². The molecule has 0 aliphatic heterocycles. The molecule has 0 bridgehead atoms. The van der Waals surface area contributed by atoms with E-state index in [1.54, 1.807) is 24.3 Å². The Bertz CT molecular complexity index is 665. The fourth-order valence-electron chi connectivity index (χ4n) is 1.82. The number of aromatic carboxylic acids is 1. The molecule has 1 aromatic heterocycles. The van der Waals surface area contributed by atoms with E-state index in [-0.39, 0.29) is 18.8 Å². The maximum atomic E-state index is 11.1. The number of carboxylic acid groups (broad SMARTS) is 1. The van der Waals surface area contributed by atoms with E-state index in [0.717, 1.165) is 5.56 Å². The summed E-state index contributed by atoms with van der Waals surface area (Å²) in [5.41, 5.74) is 12.0. The standard InChI is InChI=1S/C12H13N5O3/c13-5-9-10(12(19)20)15-16-17(9)6-7-2-1-3-8(4-7)11(14)18/h1-4H,5-6,13H2,(H2,14,18)(H,19,20). The van der Waals surface area contributed by atoms with Gasteiger partial charge in [-0.25, -0.2) is 9.48 Å². The molecule has 0 unspecified atom stereocenters. The number of benzene rings is 1. The van der Waals surface area contributed by atoms with Crippen molar-refractivity contribution in [3.05, 3.63) is 46.8 Å². The number of carbonyl (C=O) groups excluding carboxylic acids is 1. The number of aromatic nitrogens is 3. The fraction of sp³-hybridized carbons (Fsp3) is 0.167. The summed E-state index contributed by atoms with van der Waals surface area (Å²) < 4.78 is 1.39. The minimum atomic E-state index is -1.18. The molecule has 0 saturated carbocycles. The molecule has 0 spiro atoms. The van der Waals surface area contributed by atoms with Crippen molar-refractivity contribution >= 4 is 11.9 Å². The third kappa shape index (κ3) is 2.64. The van der Waals surface area contributed by atoms with Crippen LogP contribution in [0, 0.1) is 0 Å². The van der Waals surface area contributed by atoms with Gasteiger partial charge in [0.2, 0.25) is 5.91 Å². The van der Waals surface area contributed by atoms with Gasteiger partial charge in [0, 0.05) is 12.1 Å². The quantitative estimate of drug-likeness (QED) is 0.677. The zero-order valence-corrected chi connectivity index (χ0v) is 10.5. The molecule has 104 valence electrons. The van der Waals surface area contributed by atoms with Crippen molar-refractivity contribution < 1.29 is 14.7 Å². The molecule has 0 fully saturated rings. The van der Waals surface area contributed by atoms with Crippen LogP contribution in [-0.4, -0.2) is 32.0 Å². The van der Waals surface area contributed by atoms with Gasteiger partial charge in [-0.1, -0.05) is 17.3 Å². The minimum absolute atomic E-state index is 0.00411. The van der Waals surface area contributed by atoms with Gasteiger partial charge in [-0.3, -0.25) is 4.79 Å². The maximum Gasteiger partial charge on any atom is 0.358 e. The molecule has 1 amide bonds. The van der Waals surface area contributed by atoms with Crippen LogP contribution in [0.5, 0.6) is 0 Å². The van der Waals surface area contributed by atoms with E-state index < -0.39 is 11.9 Å². The van der Waals surface area contributed by atoms with Crippen molar-refractivity contribution in [3.63, 3.8) is 0 Å². The second-order valence-corrected chi connectivity index (χ2v) is 4.12. The van der Waals surface area contributed by atoms with Crippen molar-refractivity contribution in [1.82, 2.24) is 15.0 Å². The van der Waals surface area contributed by atoms with E-state index in [1.165, 1.54) is 4.68 Å². The number of carbonyl (C=O) groups is 2. The van der Waals surface area contributed by atoms with E-state index in [0.29, 0.717) is 11.3 Å². The van der Waals surface area contributed by atoms with E-state index in [9.17, 15) is 9.59 Å². The maximum absolute atomic E-state index is 11.1. The minimum Gasteiger partial charge on any atom is -0.476 e. The molecule has 8 heteroatoms. The van der Waals surface area contributed by atoms with E-state index in [2.05, 4.69) is 10.3 Å². The summed E-state index contributed by atoms with van der Waals surface area (Å²) in [6, 6.07) is 6.67. The van der Waals surface area contributed by atoms with Crippen LogP contribution < -0.4 is 11.5 Å². The Morgan fingerprint density at radius 3 is 2.70 bits per heavy atom. The Labute approximate surface area is 114 Å². The highest BCUT2D eigenvalue weighted by atomic mass is 16.4. The molecule has 0 atom stereocenters. The highest BCUT2D eigenvalue weighted by Crippen LogP contribution is 2.10. The first-order chi connectivity index (χ1) is 9.52.